The highest BCUT2D eigenvalue weighted by molar-refractivity contribution is 5.58. The maximum absolute atomic E-state index is 12.2. The van der Waals surface area contributed by atoms with E-state index in [0.717, 1.165) is 23.2 Å². The Morgan fingerprint density at radius 3 is 2.62 bits per heavy atom. The summed E-state index contributed by atoms with van der Waals surface area (Å²) in [5.41, 5.74) is 2.93. The largest absolute Gasteiger partial charge is 0.452 e. The molecule has 2 aromatic rings. The highest BCUT2D eigenvalue weighted by Gasteiger charge is 2.26. The summed E-state index contributed by atoms with van der Waals surface area (Å²) in [5, 5.41) is 0. The second-order valence-corrected chi connectivity index (χ2v) is 6.20. The Balaban J connectivity index is 2.00. The molecule has 21 heavy (non-hydrogen) atoms. The highest BCUT2D eigenvalue weighted by Crippen LogP contribution is 2.34. The molecule has 0 radical (unpaired) electrons. The lowest BCUT2D eigenvalue weighted by atomic mass is 9.79. The van der Waals surface area contributed by atoms with Crippen molar-refractivity contribution in [3.63, 3.8) is 0 Å². The van der Waals surface area contributed by atoms with Crippen LogP contribution in [0.15, 0.2) is 41.2 Å². The third-order valence-corrected chi connectivity index (χ3v) is 3.89. The van der Waals surface area contributed by atoms with Gasteiger partial charge < -0.3 is 9.72 Å². The molecule has 1 aromatic heterocycles. The third-order valence-electron chi connectivity index (χ3n) is 3.89. The summed E-state index contributed by atoms with van der Waals surface area (Å²) in [6.07, 6.45) is 5.10. The fourth-order valence-electron chi connectivity index (χ4n) is 2.61. The fraction of sp³-hybridized carbons (Fsp3) is 0.278. The minimum atomic E-state index is -0.183. The number of H-pyrrole nitrogens is 1. The zero-order valence-electron chi connectivity index (χ0n) is 12.6. The molecule has 1 aliphatic carbocycles. The predicted molar refractivity (Wildman–Crippen MR) is 85.0 cm³/mol. The molecular weight excluding hydrogens is 262 g/mol. The number of allylic oxidation sites excluding steroid dienone is 1. The number of aromatic amines is 1. The zero-order chi connectivity index (χ0) is 15.0. The number of aryl methyl sites for hydroxylation is 1. The molecule has 1 heterocycles. The topological polar surface area (TPSA) is 42.1 Å². The number of hydrogen-bond acceptors (Lipinski definition) is 2. The SMILES string of the molecule is Cc1ccc(Oc2cc3c([nH]c2=O)C(C)(C)CC=C3)cc1. The van der Waals surface area contributed by atoms with Crippen molar-refractivity contribution in [1.29, 1.82) is 0 Å². The van der Waals surface area contributed by atoms with E-state index in [9.17, 15) is 4.79 Å². The Labute approximate surface area is 124 Å². The van der Waals surface area contributed by atoms with E-state index in [0.29, 0.717) is 11.5 Å². The first kappa shape index (κ1) is 13.7. The van der Waals surface area contributed by atoms with Crippen molar-refractivity contribution in [2.24, 2.45) is 0 Å². The highest BCUT2D eigenvalue weighted by atomic mass is 16.5. The van der Waals surface area contributed by atoms with Gasteiger partial charge in [-0.1, -0.05) is 43.7 Å². The van der Waals surface area contributed by atoms with Gasteiger partial charge in [0.25, 0.3) is 5.56 Å². The number of hydrogen-bond donors (Lipinski definition) is 1. The van der Waals surface area contributed by atoms with Gasteiger partial charge in [-0.3, -0.25) is 4.79 Å². The molecule has 0 spiro atoms. The first-order valence-electron chi connectivity index (χ1n) is 7.14. The predicted octanol–water partition coefficient (Wildman–Crippen LogP) is 4.17. The molecule has 0 aliphatic heterocycles. The van der Waals surface area contributed by atoms with E-state index in [1.807, 2.05) is 43.3 Å². The van der Waals surface area contributed by atoms with Gasteiger partial charge in [0.1, 0.15) is 5.75 Å². The van der Waals surface area contributed by atoms with Crippen LogP contribution in [0.4, 0.5) is 0 Å². The van der Waals surface area contributed by atoms with Crippen LogP contribution in [0.3, 0.4) is 0 Å². The summed E-state index contributed by atoms with van der Waals surface area (Å²) in [6.45, 7) is 6.28. The minimum Gasteiger partial charge on any atom is -0.452 e. The summed E-state index contributed by atoms with van der Waals surface area (Å²) in [6, 6.07) is 9.49. The van der Waals surface area contributed by atoms with Gasteiger partial charge in [-0.15, -0.1) is 0 Å². The standard InChI is InChI=1S/C18H19NO2/c1-12-6-8-14(9-7-12)21-15-11-13-5-4-10-18(2,3)16(13)19-17(15)20/h4-9,11H,10H2,1-3H3,(H,19,20). The van der Waals surface area contributed by atoms with Crippen molar-refractivity contribution in [2.75, 3.05) is 0 Å². The number of ether oxygens (including phenoxy) is 1. The van der Waals surface area contributed by atoms with E-state index in [4.69, 9.17) is 4.74 Å². The second kappa shape index (κ2) is 4.92. The molecule has 0 atom stereocenters. The molecule has 3 nitrogen and oxygen atoms in total. The van der Waals surface area contributed by atoms with E-state index in [1.54, 1.807) is 0 Å². The summed E-state index contributed by atoms with van der Waals surface area (Å²) >= 11 is 0. The van der Waals surface area contributed by atoms with Crippen LogP contribution < -0.4 is 10.3 Å². The number of nitrogens with one attached hydrogen (secondary N) is 1. The number of pyridine rings is 1. The van der Waals surface area contributed by atoms with Gasteiger partial charge >= 0.3 is 0 Å². The van der Waals surface area contributed by atoms with Crippen molar-refractivity contribution in [1.82, 2.24) is 4.98 Å². The van der Waals surface area contributed by atoms with Gasteiger partial charge in [-0.2, -0.15) is 0 Å². The molecule has 108 valence electrons. The zero-order valence-corrected chi connectivity index (χ0v) is 12.6. The first-order valence-corrected chi connectivity index (χ1v) is 7.14. The van der Waals surface area contributed by atoms with Gasteiger partial charge in [0.2, 0.25) is 0 Å². The fourth-order valence-corrected chi connectivity index (χ4v) is 2.61. The summed E-state index contributed by atoms with van der Waals surface area (Å²) < 4.78 is 5.72. The molecular formula is C18H19NO2. The Morgan fingerprint density at radius 1 is 1.19 bits per heavy atom. The quantitative estimate of drug-likeness (QED) is 0.897. The monoisotopic (exact) mass is 281 g/mol. The van der Waals surface area contributed by atoms with E-state index in [-0.39, 0.29) is 11.0 Å². The van der Waals surface area contributed by atoms with E-state index < -0.39 is 0 Å². The molecule has 1 N–H and O–H groups in total. The van der Waals surface area contributed by atoms with Crippen molar-refractivity contribution >= 4 is 6.08 Å². The van der Waals surface area contributed by atoms with Crippen LogP contribution in [0.5, 0.6) is 11.5 Å². The van der Waals surface area contributed by atoms with Gasteiger partial charge in [0, 0.05) is 11.1 Å². The van der Waals surface area contributed by atoms with E-state index in [2.05, 4.69) is 24.9 Å². The normalized spacial score (nSPS) is 15.6. The van der Waals surface area contributed by atoms with E-state index in [1.165, 1.54) is 0 Å². The molecule has 0 saturated heterocycles. The van der Waals surface area contributed by atoms with Crippen LogP contribution in [-0.4, -0.2) is 4.98 Å². The van der Waals surface area contributed by atoms with Gasteiger partial charge in [0.15, 0.2) is 5.75 Å². The van der Waals surface area contributed by atoms with Crippen LogP contribution in [0.2, 0.25) is 0 Å². The molecule has 0 bridgehead atoms. The average molecular weight is 281 g/mol. The number of benzene rings is 1. The second-order valence-electron chi connectivity index (χ2n) is 6.20. The maximum Gasteiger partial charge on any atom is 0.291 e. The maximum atomic E-state index is 12.2. The lowest BCUT2D eigenvalue weighted by molar-refractivity contribution is 0.465. The Bertz CT molecular complexity index is 752. The molecule has 1 aromatic carbocycles. The van der Waals surface area contributed by atoms with Gasteiger partial charge in [0.05, 0.1) is 0 Å². The van der Waals surface area contributed by atoms with Crippen LogP contribution >= 0.6 is 0 Å². The lowest BCUT2D eigenvalue weighted by Gasteiger charge is -2.28. The molecule has 3 rings (SSSR count). The van der Waals surface area contributed by atoms with Gasteiger partial charge in [-0.25, -0.2) is 0 Å². The van der Waals surface area contributed by atoms with Crippen LogP contribution in [0, 0.1) is 6.92 Å². The molecule has 0 amide bonds. The molecule has 1 aliphatic rings. The molecule has 0 saturated carbocycles. The number of fused-ring (bicyclic) bond motifs is 1. The average Bonchev–Trinajstić information content (AvgIpc) is 2.43. The summed E-state index contributed by atoms with van der Waals surface area (Å²) in [4.78, 5) is 15.2. The Morgan fingerprint density at radius 2 is 1.90 bits per heavy atom. The summed E-state index contributed by atoms with van der Waals surface area (Å²) in [5.74, 6) is 1.00. The number of rotatable bonds is 2. The molecule has 0 unspecified atom stereocenters. The lowest BCUT2D eigenvalue weighted by Crippen LogP contribution is -2.26. The van der Waals surface area contributed by atoms with Crippen molar-refractivity contribution in [2.45, 2.75) is 32.6 Å². The molecule has 0 fully saturated rings. The third kappa shape index (κ3) is 2.64. The van der Waals surface area contributed by atoms with Crippen LogP contribution in [-0.2, 0) is 5.41 Å². The minimum absolute atomic E-state index is 0.0500. The Kier molecular flexibility index (Phi) is 3.20. The molecule has 3 heteroatoms. The Hall–Kier alpha value is -2.29. The van der Waals surface area contributed by atoms with Gasteiger partial charge in [-0.05, 0) is 37.1 Å². The van der Waals surface area contributed by atoms with Crippen molar-refractivity contribution in [3.05, 3.63) is 63.6 Å². The number of aromatic nitrogens is 1. The first-order chi connectivity index (χ1) is 9.95. The van der Waals surface area contributed by atoms with Crippen molar-refractivity contribution in [3.8, 4) is 11.5 Å². The van der Waals surface area contributed by atoms with Crippen LogP contribution in [0.25, 0.3) is 6.08 Å². The van der Waals surface area contributed by atoms with Crippen molar-refractivity contribution < 1.29 is 4.74 Å². The smallest absolute Gasteiger partial charge is 0.291 e. The van der Waals surface area contributed by atoms with Crippen LogP contribution in [0.1, 0.15) is 37.1 Å². The summed E-state index contributed by atoms with van der Waals surface area (Å²) in [7, 11) is 0. The van der Waals surface area contributed by atoms with E-state index >= 15 is 0 Å².